The highest BCUT2D eigenvalue weighted by Crippen LogP contribution is 2.17. The molecular formula is C12H15N2O2+. The van der Waals surface area contributed by atoms with Crippen molar-refractivity contribution in [3.8, 4) is 0 Å². The van der Waals surface area contributed by atoms with Crippen LogP contribution < -0.4 is 4.57 Å². The van der Waals surface area contributed by atoms with E-state index in [-0.39, 0.29) is 0 Å². The molecule has 84 valence electrons. The van der Waals surface area contributed by atoms with Gasteiger partial charge in [-0.15, -0.1) is 0 Å². The molecule has 1 N–H and O–H groups in total. The molecule has 0 saturated heterocycles. The number of hydrogen-bond acceptors (Lipinski definition) is 3. The Morgan fingerprint density at radius 1 is 1.44 bits per heavy atom. The number of ether oxygens (including phenoxy) is 1. The molecule has 16 heavy (non-hydrogen) atoms. The molecule has 0 unspecified atom stereocenters. The third kappa shape index (κ3) is 2.05. The molecule has 2 heterocycles. The van der Waals surface area contributed by atoms with Gasteiger partial charge in [-0.1, -0.05) is 0 Å². The number of hydrogen-bond donors (Lipinski definition) is 1. The maximum Gasteiger partial charge on any atom is 0.334 e. The van der Waals surface area contributed by atoms with E-state index >= 15 is 0 Å². The fourth-order valence-corrected chi connectivity index (χ4v) is 1.66. The van der Waals surface area contributed by atoms with Gasteiger partial charge in [0.15, 0.2) is 0 Å². The summed E-state index contributed by atoms with van der Waals surface area (Å²) in [5.74, 6) is 1.77. The second-order valence-electron chi connectivity index (χ2n) is 3.75. The van der Waals surface area contributed by atoms with Crippen molar-refractivity contribution in [1.82, 2.24) is 0 Å². The molecule has 4 heteroatoms. The largest absolute Gasteiger partial charge is 0.509 e. The van der Waals surface area contributed by atoms with Crippen molar-refractivity contribution in [1.29, 1.82) is 0 Å². The molecule has 0 radical (unpaired) electrons. The average Bonchev–Trinajstić information content (AvgIpc) is 2.24. The first-order chi connectivity index (χ1) is 7.70. The number of rotatable bonds is 0. The number of aliphatic hydroxyl groups excluding tert-OH is 1. The molecule has 0 fully saturated rings. The second kappa shape index (κ2) is 4.35. The van der Waals surface area contributed by atoms with Crippen LogP contribution in [-0.4, -0.2) is 18.1 Å². The van der Waals surface area contributed by atoms with Crippen LogP contribution in [0.2, 0.25) is 0 Å². The van der Waals surface area contributed by atoms with Crippen molar-refractivity contribution in [3.05, 3.63) is 29.7 Å². The average molecular weight is 219 g/mol. The van der Waals surface area contributed by atoms with E-state index in [9.17, 15) is 5.11 Å². The second-order valence-corrected chi connectivity index (χ2v) is 3.75. The minimum Gasteiger partial charge on any atom is -0.509 e. The maximum atomic E-state index is 9.69. The fourth-order valence-electron chi connectivity index (χ4n) is 1.66. The standard InChI is InChI=1S/C12H14N2O2/c1-9-4-3-7-14-8-10(15)5-6-11(16-2)13-12(9)14/h3-4,7-8H,5-6H2,1-2H3/p+1/b10-8-. The van der Waals surface area contributed by atoms with E-state index < -0.39 is 0 Å². The Bertz CT molecular complexity index is 464. The molecule has 0 bridgehead atoms. The Morgan fingerprint density at radius 2 is 2.25 bits per heavy atom. The maximum absolute atomic E-state index is 9.69. The molecule has 1 aromatic heterocycles. The number of aliphatic hydroxyl groups is 1. The van der Waals surface area contributed by atoms with Crippen LogP contribution in [-0.2, 0) is 4.74 Å². The number of aryl methyl sites for hydroxylation is 1. The summed E-state index contributed by atoms with van der Waals surface area (Å²) in [5.41, 5.74) is 1.04. The molecule has 0 aromatic carbocycles. The lowest BCUT2D eigenvalue weighted by atomic mass is 10.2. The van der Waals surface area contributed by atoms with E-state index in [0.717, 1.165) is 11.4 Å². The van der Waals surface area contributed by atoms with E-state index in [4.69, 9.17) is 4.74 Å². The van der Waals surface area contributed by atoms with Gasteiger partial charge >= 0.3 is 11.7 Å². The normalized spacial score (nSPS) is 18.6. The molecule has 1 aromatic rings. The van der Waals surface area contributed by atoms with Crippen molar-refractivity contribution < 1.29 is 14.4 Å². The lowest BCUT2D eigenvalue weighted by Crippen LogP contribution is -2.29. The summed E-state index contributed by atoms with van der Waals surface area (Å²) in [6, 6.07) is 3.90. The number of aliphatic imine (C=N–C) groups is 1. The fraction of sp³-hybridized carbons (Fsp3) is 0.333. The van der Waals surface area contributed by atoms with Gasteiger partial charge in [0.25, 0.3) is 0 Å². The van der Waals surface area contributed by atoms with Gasteiger partial charge in [0.05, 0.1) is 19.7 Å². The van der Waals surface area contributed by atoms with Crippen LogP contribution in [0.15, 0.2) is 29.1 Å². The Morgan fingerprint density at radius 3 is 3.00 bits per heavy atom. The summed E-state index contributed by atoms with van der Waals surface area (Å²) in [5, 5.41) is 9.69. The molecule has 1 aliphatic heterocycles. The lowest BCUT2D eigenvalue weighted by molar-refractivity contribution is -0.556. The molecule has 0 spiro atoms. The highest BCUT2D eigenvalue weighted by molar-refractivity contribution is 5.79. The first kappa shape index (κ1) is 10.7. The van der Waals surface area contributed by atoms with Crippen LogP contribution in [0, 0.1) is 6.92 Å². The minimum atomic E-state index is 0.335. The monoisotopic (exact) mass is 219 g/mol. The summed E-state index contributed by atoms with van der Waals surface area (Å²) < 4.78 is 6.99. The molecule has 2 rings (SSSR count). The van der Waals surface area contributed by atoms with E-state index in [1.54, 1.807) is 13.3 Å². The summed E-state index contributed by atoms with van der Waals surface area (Å²) in [6.07, 6.45) is 4.72. The number of fused-ring (bicyclic) bond motifs is 1. The number of aromatic nitrogens is 1. The molecule has 0 saturated carbocycles. The van der Waals surface area contributed by atoms with E-state index in [1.165, 1.54) is 0 Å². The van der Waals surface area contributed by atoms with E-state index in [2.05, 4.69) is 4.99 Å². The summed E-state index contributed by atoms with van der Waals surface area (Å²) in [7, 11) is 1.60. The quantitative estimate of drug-likeness (QED) is 0.679. The van der Waals surface area contributed by atoms with Crippen LogP contribution in [0.5, 0.6) is 0 Å². The molecule has 0 amide bonds. The topological polar surface area (TPSA) is 45.7 Å². The summed E-state index contributed by atoms with van der Waals surface area (Å²) in [4.78, 5) is 4.45. The van der Waals surface area contributed by atoms with Crippen molar-refractivity contribution in [3.63, 3.8) is 0 Å². The molecule has 1 aliphatic rings. The van der Waals surface area contributed by atoms with Crippen molar-refractivity contribution in [2.45, 2.75) is 19.8 Å². The number of nitrogens with zero attached hydrogens (tertiary/aromatic N) is 2. The van der Waals surface area contributed by atoms with Gasteiger partial charge < -0.3 is 9.84 Å². The first-order valence-corrected chi connectivity index (χ1v) is 5.22. The smallest absolute Gasteiger partial charge is 0.334 e. The highest BCUT2D eigenvalue weighted by Gasteiger charge is 2.18. The summed E-state index contributed by atoms with van der Waals surface area (Å²) in [6.45, 7) is 1.98. The molecule has 0 aliphatic carbocycles. The van der Waals surface area contributed by atoms with Gasteiger partial charge in [-0.2, -0.15) is 4.57 Å². The van der Waals surface area contributed by atoms with Gasteiger partial charge in [0.1, 0.15) is 12.0 Å². The van der Waals surface area contributed by atoms with Crippen LogP contribution in [0.1, 0.15) is 18.4 Å². The van der Waals surface area contributed by atoms with Crippen LogP contribution in [0.3, 0.4) is 0 Å². The van der Waals surface area contributed by atoms with Crippen molar-refractivity contribution >= 4 is 17.9 Å². The van der Waals surface area contributed by atoms with Gasteiger partial charge in [0, 0.05) is 12.0 Å². The van der Waals surface area contributed by atoms with Crippen molar-refractivity contribution in [2.24, 2.45) is 4.99 Å². The van der Waals surface area contributed by atoms with E-state index in [1.807, 2.05) is 29.8 Å². The zero-order chi connectivity index (χ0) is 11.5. The predicted molar refractivity (Wildman–Crippen MR) is 61.6 cm³/mol. The Balaban J connectivity index is 2.58. The lowest BCUT2D eigenvalue weighted by Gasteiger charge is -2.06. The van der Waals surface area contributed by atoms with Gasteiger partial charge in [-0.25, -0.2) is 0 Å². The highest BCUT2D eigenvalue weighted by atomic mass is 16.5. The molecular weight excluding hydrogens is 204 g/mol. The first-order valence-electron chi connectivity index (χ1n) is 5.22. The molecule has 4 nitrogen and oxygen atoms in total. The third-order valence-electron chi connectivity index (χ3n) is 2.54. The third-order valence-corrected chi connectivity index (χ3v) is 2.54. The van der Waals surface area contributed by atoms with Crippen LogP contribution in [0.25, 0.3) is 6.20 Å². The Kier molecular flexibility index (Phi) is 2.90. The van der Waals surface area contributed by atoms with Gasteiger partial charge in [-0.3, -0.25) is 0 Å². The van der Waals surface area contributed by atoms with Crippen LogP contribution in [0.4, 0.5) is 5.82 Å². The zero-order valence-corrected chi connectivity index (χ0v) is 9.47. The number of pyridine rings is 1. The van der Waals surface area contributed by atoms with Gasteiger partial charge in [-0.05, 0) is 24.0 Å². The molecule has 0 atom stereocenters. The Hall–Kier alpha value is -1.84. The zero-order valence-electron chi connectivity index (χ0n) is 9.47. The Labute approximate surface area is 94.5 Å². The van der Waals surface area contributed by atoms with E-state index in [0.29, 0.717) is 24.5 Å². The number of methoxy groups -OCH3 is 1. The van der Waals surface area contributed by atoms with Crippen molar-refractivity contribution in [2.75, 3.05) is 7.11 Å². The van der Waals surface area contributed by atoms with Gasteiger partial charge in [0.2, 0.25) is 0 Å². The minimum absolute atomic E-state index is 0.335. The predicted octanol–water partition coefficient (Wildman–Crippen LogP) is 2.11. The SMILES string of the molecule is COC1=Nc2c(C)ccc[n+]2/C=C(\O)CC1. The summed E-state index contributed by atoms with van der Waals surface area (Å²) >= 11 is 0. The number of allylic oxidation sites excluding steroid dienone is 1. The van der Waals surface area contributed by atoms with Crippen LogP contribution >= 0.6 is 0 Å².